The van der Waals surface area contributed by atoms with Gasteiger partial charge < -0.3 is 5.11 Å². The maximum atomic E-state index is 9.84. The zero-order chi connectivity index (χ0) is 18.8. The van der Waals surface area contributed by atoms with Gasteiger partial charge in [0.15, 0.2) is 17.3 Å². The fourth-order valence-corrected chi connectivity index (χ4v) is 2.93. The molecule has 2 N–H and O–H groups in total. The Morgan fingerprint density at radius 1 is 1.07 bits per heavy atom. The third-order valence-electron chi connectivity index (χ3n) is 3.74. The highest BCUT2D eigenvalue weighted by Gasteiger charge is 2.10. The molecule has 7 nitrogen and oxygen atoms in total. The number of hydrogen-bond donors (Lipinski definition) is 2. The first kappa shape index (κ1) is 17.4. The van der Waals surface area contributed by atoms with Crippen molar-refractivity contribution in [3.8, 4) is 17.1 Å². The fraction of sp³-hybridized carbons (Fsp3) is 0. The SMILES string of the molecule is Oc1ccc(Br)cc1C=NNc1ccc2nnc(-c3ccc(Cl)cc3)n2n1. The summed E-state index contributed by atoms with van der Waals surface area (Å²) in [7, 11) is 0. The molecule has 27 heavy (non-hydrogen) atoms. The predicted molar refractivity (Wildman–Crippen MR) is 108 cm³/mol. The lowest BCUT2D eigenvalue weighted by atomic mass is 10.2. The minimum Gasteiger partial charge on any atom is -0.507 e. The van der Waals surface area contributed by atoms with Crippen molar-refractivity contribution in [1.29, 1.82) is 0 Å². The van der Waals surface area contributed by atoms with Gasteiger partial charge in [0.05, 0.1) is 6.21 Å². The second-order valence-corrected chi connectivity index (χ2v) is 6.94. The summed E-state index contributed by atoms with van der Waals surface area (Å²) in [5.74, 6) is 1.23. The summed E-state index contributed by atoms with van der Waals surface area (Å²) in [6.07, 6.45) is 1.51. The Hall–Kier alpha value is -2.97. The highest BCUT2D eigenvalue weighted by atomic mass is 79.9. The number of hydrazone groups is 1. The summed E-state index contributed by atoms with van der Waals surface area (Å²) in [4.78, 5) is 0. The molecule has 2 heterocycles. The monoisotopic (exact) mass is 442 g/mol. The Morgan fingerprint density at radius 2 is 1.89 bits per heavy atom. The van der Waals surface area contributed by atoms with E-state index in [-0.39, 0.29) is 5.75 Å². The van der Waals surface area contributed by atoms with Crippen LogP contribution in [0.25, 0.3) is 17.0 Å². The van der Waals surface area contributed by atoms with E-state index in [1.54, 1.807) is 47.0 Å². The van der Waals surface area contributed by atoms with Crippen LogP contribution in [0.2, 0.25) is 5.02 Å². The first-order valence-corrected chi connectivity index (χ1v) is 9.03. The Labute approximate surface area is 167 Å². The number of halogens is 2. The topological polar surface area (TPSA) is 87.7 Å². The molecule has 0 unspecified atom stereocenters. The summed E-state index contributed by atoms with van der Waals surface area (Å²) < 4.78 is 2.47. The number of nitrogens with zero attached hydrogens (tertiary/aromatic N) is 5. The lowest BCUT2D eigenvalue weighted by Gasteiger charge is -2.03. The van der Waals surface area contributed by atoms with Crippen LogP contribution in [0.5, 0.6) is 5.75 Å². The molecule has 4 rings (SSSR count). The van der Waals surface area contributed by atoms with Crippen LogP contribution in [0.4, 0.5) is 5.82 Å². The Kier molecular flexibility index (Phi) is 4.74. The zero-order valence-corrected chi connectivity index (χ0v) is 16.1. The summed E-state index contributed by atoms with van der Waals surface area (Å²) in [6.45, 7) is 0. The highest BCUT2D eigenvalue weighted by molar-refractivity contribution is 9.10. The summed E-state index contributed by atoms with van der Waals surface area (Å²) in [5.41, 5.74) is 4.87. The lowest BCUT2D eigenvalue weighted by Crippen LogP contribution is -2.00. The number of phenolic OH excluding ortho intramolecular Hbond substituents is 1. The quantitative estimate of drug-likeness (QED) is 0.361. The van der Waals surface area contributed by atoms with Gasteiger partial charge in [-0.2, -0.15) is 9.62 Å². The molecule has 0 fully saturated rings. The van der Waals surface area contributed by atoms with Gasteiger partial charge in [-0.05, 0) is 54.6 Å². The number of nitrogens with one attached hydrogen (secondary N) is 1. The van der Waals surface area contributed by atoms with Gasteiger partial charge in [0.25, 0.3) is 0 Å². The van der Waals surface area contributed by atoms with Crippen molar-refractivity contribution in [2.45, 2.75) is 0 Å². The Bertz CT molecular complexity index is 1140. The molecule has 4 aromatic rings. The van der Waals surface area contributed by atoms with E-state index in [1.807, 2.05) is 12.1 Å². The van der Waals surface area contributed by atoms with Crippen LogP contribution in [0.3, 0.4) is 0 Å². The highest BCUT2D eigenvalue weighted by Crippen LogP contribution is 2.21. The van der Waals surface area contributed by atoms with Crippen LogP contribution >= 0.6 is 27.5 Å². The predicted octanol–water partition coefficient (Wildman–Crippen LogP) is 4.36. The normalized spacial score (nSPS) is 11.3. The molecule has 0 atom stereocenters. The Morgan fingerprint density at radius 3 is 2.70 bits per heavy atom. The number of phenols is 1. The number of anilines is 1. The number of rotatable bonds is 4. The van der Waals surface area contributed by atoms with E-state index in [0.29, 0.717) is 27.9 Å². The van der Waals surface area contributed by atoms with Crippen molar-refractivity contribution >= 4 is 45.2 Å². The summed E-state index contributed by atoms with van der Waals surface area (Å²) in [6, 6.07) is 15.9. The van der Waals surface area contributed by atoms with Crippen molar-refractivity contribution < 1.29 is 5.11 Å². The molecule has 0 aliphatic carbocycles. The van der Waals surface area contributed by atoms with Crippen LogP contribution < -0.4 is 5.43 Å². The first-order chi connectivity index (χ1) is 13.1. The van der Waals surface area contributed by atoms with Crippen molar-refractivity contribution in [3.05, 3.63) is 69.7 Å². The average Bonchev–Trinajstić information content (AvgIpc) is 3.08. The first-order valence-electron chi connectivity index (χ1n) is 7.86. The molecular weight excluding hydrogens is 432 g/mol. The van der Waals surface area contributed by atoms with Gasteiger partial charge in [-0.25, -0.2) is 0 Å². The summed E-state index contributed by atoms with van der Waals surface area (Å²) >= 11 is 9.30. The third-order valence-corrected chi connectivity index (χ3v) is 4.48. The fourth-order valence-electron chi connectivity index (χ4n) is 2.42. The van der Waals surface area contributed by atoms with Gasteiger partial charge in [-0.15, -0.1) is 15.3 Å². The van der Waals surface area contributed by atoms with Crippen molar-refractivity contribution in [2.75, 3.05) is 5.43 Å². The van der Waals surface area contributed by atoms with Crippen molar-refractivity contribution in [1.82, 2.24) is 19.8 Å². The maximum Gasteiger partial charge on any atom is 0.185 e. The van der Waals surface area contributed by atoms with E-state index in [2.05, 4.69) is 41.8 Å². The standard InChI is InChI=1S/C18H12BrClN6O/c19-13-3-6-15(27)12(9-13)10-21-22-16-7-8-17-23-24-18(26(17)25-16)11-1-4-14(20)5-2-11/h1-10,27H,(H,22,25). The minimum absolute atomic E-state index is 0.135. The number of fused-ring (bicyclic) bond motifs is 1. The number of hydrogen-bond acceptors (Lipinski definition) is 6. The van der Waals surface area contributed by atoms with Gasteiger partial charge in [0.1, 0.15) is 5.75 Å². The second-order valence-electron chi connectivity index (χ2n) is 5.59. The van der Waals surface area contributed by atoms with Crippen LogP contribution in [0.1, 0.15) is 5.56 Å². The summed E-state index contributed by atoms with van der Waals surface area (Å²) in [5, 5.41) is 27.4. The molecule has 0 saturated heterocycles. The van der Waals surface area contributed by atoms with E-state index in [9.17, 15) is 5.11 Å². The second kappa shape index (κ2) is 7.34. The van der Waals surface area contributed by atoms with Crippen LogP contribution in [-0.2, 0) is 0 Å². The van der Waals surface area contributed by atoms with E-state index in [1.165, 1.54) is 6.21 Å². The molecule has 134 valence electrons. The molecule has 9 heteroatoms. The minimum atomic E-state index is 0.135. The number of aromatic nitrogens is 4. The van der Waals surface area contributed by atoms with Gasteiger partial charge >= 0.3 is 0 Å². The smallest absolute Gasteiger partial charge is 0.185 e. The van der Waals surface area contributed by atoms with Gasteiger partial charge in [0.2, 0.25) is 0 Å². The van der Waals surface area contributed by atoms with Crippen LogP contribution in [0, 0.1) is 0 Å². The van der Waals surface area contributed by atoms with E-state index < -0.39 is 0 Å². The van der Waals surface area contributed by atoms with E-state index >= 15 is 0 Å². The number of aromatic hydroxyl groups is 1. The molecule has 0 radical (unpaired) electrons. The molecule has 0 saturated carbocycles. The van der Waals surface area contributed by atoms with Crippen molar-refractivity contribution in [2.24, 2.45) is 5.10 Å². The molecule has 0 aliphatic rings. The molecular formula is C18H12BrClN6O. The lowest BCUT2D eigenvalue weighted by molar-refractivity contribution is 0.474. The molecule has 0 amide bonds. The van der Waals surface area contributed by atoms with E-state index in [0.717, 1.165) is 10.0 Å². The molecule has 0 bridgehead atoms. The van der Waals surface area contributed by atoms with E-state index in [4.69, 9.17) is 11.6 Å². The Balaban J connectivity index is 1.61. The zero-order valence-electron chi connectivity index (χ0n) is 13.7. The van der Waals surface area contributed by atoms with Crippen LogP contribution in [0.15, 0.2) is 64.2 Å². The average molecular weight is 444 g/mol. The number of benzene rings is 2. The van der Waals surface area contributed by atoms with Gasteiger partial charge in [-0.3, -0.25) is 5.43 Å². The molecule has 2 aromatic carbocycles. The largest absolute Gasteiger partial charge is 0.507 e. The molecule has 0 aliphatic heterocycles. The molecule has 0 spiro atoms. The van der Waals surface area contributed by atoms with Gasteiger partial charge in [-0.1, -0.05) is 27.5 Å². The third kappa shape index (κ3) is 3.76. The van der Waals surface area contributed by atoms with Crippen LogP contribution in [-0.4, -0.2) is 31.1 Å². The molecule has 2 aromatic heterocycles. The van der Waals surface area contributed by atoms with Gasteiger partial charge in [0, 0.05) is 20.6 Å². The maximum absolute atomic E-state index is 9.84. The van der Waals surface area contributed by atoms with Crippen molar-refractivity contribution in [3.63, 3.8) is 0 Å².